The molecule has 0 fully saturated rings. The fraction of sp³-hybridized carbons (Fsp3) is 0.818. The predicted octanol–water partition coefficient (Wildman–Crippen LogP) is 0.785. The van der Waals surface area contributed by atoms with E-state index in [9.17, 15) is 9.59 Å². The Morgan fingerprint density at radius 2 is 0.848 bits per heavy atom. The molecule has 0 N–H and O–H groups in total. The van der Waals surface area contributed by atoms with E-state index in [1.165, 1.54) is 7.11 Å². The van der Waals surface area contributed by atoms with Gasteiger partial charge in [0.25, 0.3) is 0 Å². The van der Waals surface area contributed by atoms with Crippen LogP contribution >= 0.6 is 0 Å². The quantitative estimate of drug-likeness (QED) is 0.105. The van der Waals surface area contributed by atoms with Gasteiger partial charge in [-0.15, -0.1) is 0 Å². The van der Waals surface area contributed by atoms with Crippen molar-refractivity contribution in [1.82, 2.24) is 0 Å². The summed E-state index contributed by atoms with van der Waals surface area (Å²) in [6.07, 6.45) is 0.243. The fourth-order valence-corrected chi connectivity index (χ4v) is 2.00. The summed E-state index contributed by atoms with van der Waals surface area (Å²) in [4.78, 5) is 22.0. The molecule has 0 atom stereocenters. The molecule has 0 rings (SSSR count). The summed E-state index contributed by atoms with van der Waals surface area (Å²) in [7, 11) is 1.35. The minimum Gasteiger partial charge on any atom is -0.469 e. The molecule has 33 heavy (non-hydrogen) atoms. The van der Waals surface area contributed by atoms with Gasteiger partial charge >= 0.3 is 11.9 Å². The van der Waals surface area contributed by atoms with Gasteiger partial charge in [-0.25, -0.2) is 4.79 Å². The molecule has 0 amide bonds. The first-order valence-electron chi connectivity index (χ1n) is 11.0. The van der Waals surface area contributed by atoms with Crippen LogP contribution in [0.4, 0.5) is 0 Å². The van der Waals surface area contributed by atoms with E-state index in [0.29, 0.717) is 98.1 Å². The Balaban J connectivity index is 3.08. The molecule has 0 aliphatic rings. The highest BCUT2D eigenvalue weighted by molar-refractivity contribution is 5.86. The van der Waals surface area contributed by atoms with Crippen LogP contribution in [0.15, 0.2) is 12.2 Å². The number of rotatable bonds is 25. The maximum atomic E-state index is 11.1. The molecule has 0 heterocycles. The average Bonchev–Trinajstić information content (AvgIpc) is 2.81. The van der Waals surface area contributed by atoms with Gasteiger partial charge in [-0.2, -0.15) is 0 Å². The van der Waals surface area contributed by atoms with Crippen LogP contribution in [0.3, 0.4) is 0 Å². The Kier molecular flexibility index (Phi) is 23.8. The Hall–Kier alpha value is -1.60. The third kappa shape index (κ3) is 24.9. The average molecular weight is 481 g/mol. The van der Waals surface area contributed by atoms with Gasteiger partial charge in [0.2, 0.25) is 0 Å². The first kappa shape index (κ1) is 31.4. The molecule has 0 aliphatic carbocycles. The van der Waals surface area contributed by atoms with E-state index < -0.39 is 5.97 Å². The maximum absolute atomic E-state index is 11.1. The summed E-state index contributed by atoms with van der Waals surface area (Å²) in [5.41, 5.74) is 0.368. The monoisotopic (exact) mass is 480 g/mol. The normalized spacial score (nSPS) is 10.8. The third-order valence-corrected chi connectivity index (χ3v) is 3.72. The van der Waals surface area contributed by atoms with Crippen LogP contribution in [-0.2, 0) is 52.2 Å². The second-order valence-corrected chi connectivity index (χ2v) is 6.53. The number of hydrogen-bond donors (Lipinski definition) is 0. The molecule has 0 aliphatic heterocycles. The first-order valence-corrected chi connectivity index (χ1v) is 11.0. The lowest BCUT2D eigenvalue weighted by Gasteiger charge is -2.08. The smallest absolute Gasteiger partial charge is 0.333 e. The fourth-order valence-electron chi connectivity index (χ4n) is 2.00. The van der Waals surface area contributed by atoms with Crippen LogP contribution in [0, 0.1) is 0 Å². The van der Waals surface area contributed by atoms with E-state index in [0.717, 1.165) is 0 Å². The summed E-state index contributed by atoms with van der Waals surface area (Å²) in [6.45, 7) is 11.5. The summed E-state index contributed by atoms with van der Waals surface area (Å²) in [6, 6.07) is 0. The molecular formula is C22H40O11. The van der Waals surface area contributed by atoms with Crippen molar-refractivity contribution in [3.8, 4) is 0 Å². The first-order chi connectivity index (χ1) is 16.1. The SMILES string of the molecule is C=C(C)C(=O)OCCOCCOCCOCCOCCOCCOCCOCCC(=O)OC. The Morgan fingerprint density at radius 1 is 0.545 bits per heavy atom. The standard InChI is InChI=1S/C22H40O11/c1-20(2)22(24)33-19-18-32-17-16-31-15-14-30-13-12-29-11-10-28-9-8-27-7-6-26-5-4-21(23)25-3/h1,4-19H2,2-3H3. The van der Waals surface area contributed by atoms with Crippen molar-refractivity contribution >= 4 is 11.9 Å². The molecular weight excluding hydrogens is 440 g/mol. The van der Waals surface area contributed by atoms with Crippen molar-refractivity contribution in [3.63, 3.8) is 0 Å². The van der Waals surface area contributed by atoms with Crippen molar-refractivity contribution in [2.24, 2.45) is 0 Å². The molecule has 0 bridgehead atoms. The van der Waals surface area contributed by atoms with Crippen molar-refractivity contribution in [2.75, 3.05) is 106 Å². The largest absolute Gasteiger partial charge is 0.469 e. The zero-order chi connectivity index (χ0) is 24.4. The molecule has 0 saturated carbocycles. The lowest BCUT2D eigenvalue weighted by Crippen LogP contribution is -2.15. The lowest BCUT2D eigenvalue weighted by atomic mass is 10.4. The number of ether oxygens (including phenoxy) is 9. The number of hydrogen-bond acceptors (Lipinski definition) is 11. The number of methoxy groups -OCH3 is 1. The predicted molar refractivity (Wildman–Crippen MR) is 118 cm³/mol. The van der Waals surface area contributed by atoms with E-state index >= 15 is 0 Å². The van der Waals surface area contributed by atoms with Crippen LogP contribution < -0.4 is 0 Å². The number of carbonyl (C=O) groups is 2. The highest BCUT2D eigenvalue weighted by atomic mass is 16.6. The maximum Gasteiger partial charge on any atom is 0.333 e. The van der Waals surface area contributed by atoms with Crippen molar-refractivity contribution in [2.45, 2.75) is 13.3 Å². The summed E-state index contributed by atoms with van der Waals surface area (Å²) >= 11 is 0. The van der Waals surface area contributed by atoms with Crippen molar-refractivity contribution < 1.29 is 52.2 Å². The summed E-state index contributed by atoms with van der Waals surface area (Å²) in [5, 5.41) is 0. The zero-order valence-corrected chi connectivity index (χ0v) is 20.0. The summed E-state index contributed by atoms with van der Waals surface area (Å²) in [5.74, 6) is -0.704. The molecule has 0 aromatic carbocycles. The van der Waals surface area contributed by atoms with Crippen LogP contribution in [0.2, 0.25) is 0 Å². The van der Waals surface area contributed by atoms with Crippen LogP contribution in [0.25, 0.3) is 0 Å². The van der Waals surface area contributed by atoms with E-state index in [1.807, 2.05) is 0 Å². The van der Waals surface area contributed by atoms with E-state index in [-0.39, 0.29) is 19.0 Å². The van der Waals surface area contributed by atoms with Crippen molar-refractivity contribution in [1.29, 1.82) is 0 Å². The van der Waals surface area contributed by atoms with Crippen LogP contribution in [-0.4, -0.2) is 118 Å². The molecule has 11 heteroatoms. The summed E-state index contributed by atoms with van der Waals surface area (Å²) < 4.78 is 46.8. The molecule has 0 aromatic heterocycles. The molecule has 0 aromatic rings. The van der Waals surface area contributed by atoms with E-state index in [2.05, 4.69) is 11.3 Å². The molecule has 0 unspecified atom stereocenters. The van der Waals surface area contributed by atoms with Crippen molar-refractivity contribution in [3.05, 3.63) is 12.2 Å². The molecule has 11 nitrogen and oxygen atoms in total. The van der Waals surface area contributed by atoms with Crippen LogP contribution in [0.5, 0.6) is 0 Å². The zero-order valence-electron chi connectivity index (χ0n) is 20.0. The van der Waals surface area contributed by atoms with Gasteiger partial charge in [-0.05, 0) is 6.92 Å². The van der Waals surface area contributed by atoms with E-state index in [1.54, 1.807) is 6.92 Å². The third-order valence-electron chi connectivity index (χ3n) is 3.72. The van der Waals surface area contributed by atoms with Gasteiger partial charge < -0.3 is 42.6 Å². The van der Waals surface area contributed by atoms with Crippen LogP contribution in [0.1, 0.15) is 13.3 Å². The van der Waals surface area contributed by atoms with Gasteiger partial charge in [-0.1, -0.05) is 6.58 Å². The Morgan fingerprint density at radius 3 is 1.15 bits per heavy atom. The van der Waals surface area contributed by atoms with Gasteiger partial charge in [0.15, 0.2) is 0 Å². The van der Waals surface area contributed by atoms with Gasteiger partial charge in [0.1, 0.15) is 6.61 Å². The Bertz CT molecular complexity index is 485. The van der Waals surface area contributed by atoms with Gasteiger partial charge in [0, 0.05) is 5.57 Å². The minimum absolute atomic E-state index is 0.198. The molecule has 0 radical (unpaired) electrons. The Labute approximate surface area is 196 Å². The second kappa shape index (κ2) is 25.0. The molecule has 194 valence electrons. The molecule has 0 saturated heterocycles. The van der Waals surface area contributed by atoms with E-state index in [4.69, 9.17) is 37.9 Å². The highest BCUT2D eigenvalue weighted by Crippen LogP contribution is 1.92. The minimum atomic E-state index is -0.415. The number of carbonyl (C=O) groups excluding carboxylic acids is 2. The highest BCUT2D eigenvalue weighted by Gasteiger charge is 2.02. The van der Waals surface area contributed by atoms with Gasteiger partial charge in [0.05, 0.1) is 106 Å². The number of esters is 2. The molecule has 0 spiro atoms. The van der Waals surface area contributed by atoms with Gasteiger partial charge in [-0.3, -0.25) is 4.79 Å². The second-order valence-electron chi connectivity index (χ2n) is 6.53. The topological polar surface area (TPSA) is 117 Å². The lowest BCUT2D eigenvalue weighted by molar-refractivity contribution is -0.142.